The normalized spacial score (nSPS) is 10.4. The molecule has 0 aliphatic carbocycles. The molecule has 0 fully saturated rings. The van der Waals surface area contributed by atoms with Crippen molar-refractivity contribution in [1.29, 1.82) is 0 Å². The summed E-state index contributed by atoms with van der Waals surface area (Å²) in [5, 5.41) is 7.10. The molecular formula is C20H19Cl2N3O4. The molecule has 0 aliphatic rings. The number of amides is 2. The molecule has 0 aromatic heterocycles. The predicted molar refractivity (Wildman–Crippen MR) is 113 cm³/mol. The Balaban J connectivity index is 1.89. The van der Waals surface area contributed by atoms with Crippen LogP contribution in [0.1, 0.15) is 11.1 Å². The van der Waals surface area contributed by atoms with Crippen LogP contribution in [0.4, 0.5) is 0 Å². The predicted octanol–water partition coefficient (Wildman–Crippen LogP) is 3.33. The van der Waals surface area contributed by atoms with Crippen LogP contribution in [-0.4, -0.2) is 31.7 Å². The number of hydrogen-bond donors (Lipinski definition) is 2. The molecule has 2 aromatic rings. The van der Waals surface area contributed by atoms with E-state index < -0.39 is 11.8 Å². The van der Waals surface area contributed by atoms with Gasteiger partial charge in [-0.3, -0.25) is 9.59 Å². The number of benzene rings is 2. The van der Waals surface area contributed by atoms with Gasteiger partial charge in [-0.05, 0) is 41.5 Å². The Morgan fingerprint density at radius 1 is 1.14 bits per heavy atom. The third kappa shape index (κ3) is 6.81. The summed E-state index contributed by atoms with van der Waals surface area (Å²) in [6.45, 7) is 4.01. The van der Waals surface area contributed by atoms with Gasteiger partial charge in [0.1, 0.15) is 6.61 Å². The summed E-state index contributed by atoms with van der Waals surface area (Å²) in [5.74, 6) is -0.711. The highest BCUT2D eigenvalue weighted by Crippen LogP contribution is 2.27. The van der Waals surface area contributed by atoms with E-state index in [1.165, 1.54) is 13.3 Å². The molecule has 0 heterocycles. The molecule has 152 valence electrons. The molecule has 2 amide bonds. The topological polar surface area (TPSA) is 89.0 Å². The van der Waals surface area contributed by atoms with Gasteiger partial charge >= 0.3 is 11.8 Å². The summed E-state index contributed by atoms with van der Waals surface area (Å²) in [4.78, 5) is 23.7. The van der Waals surface area contributed by atoms with Crippen molar-refractivity contribution in [1.82, 2.24) is 10.7 Å². The Labute approximate surface area is 178 Å². The molecule has 0 spiro atoms. The van der Waals surface area contributed by atoms with Crippen LogP contribution in [0, 0.1) is 0 Å². The van der Waals surface area contributed by atoms with Crippen molar-refractivity contribution < 1.29 is 19.1 Å². The SMILES string of the molecule is C=CCOc1ccc(C=NNC(=O)C(=O)NCc2ccc(Cl)cc2Cl)cc1OC. The largest absolute Gasteiger partial charge is 0.493 e. The van der Waals surface area contributed by atoms with Gasteiger partial charge in [-0.2, -0.15) is 5.10 Å². The lowest BCUT2D eigenvalue weighted by Gasteiger charge is -2.09. The molecule has 2 N–H and O–H groups in total. The molecule has 0 saturated heterocycles. The van der Waals surface area contributed by atoms with Crippen LogP contribution >= 0.6 is 23.2 Å². The van der Waals surface area contributed by atoms with E-state index in [0.717, 1.165) is 0 Å². The molecular weight excluding hydrogens is 417 g/mol. The molecule has 7 nitrogen and oxygen atoms in total. The number of rotatable bonds is 8. The van der Waals surface area contributed by atoms with Crippen LogP contribution in [-0.2, 0) is 16.1 Å². The van der Waals surface area contributed by atoms with Crippen LogP contribution in [0.15, 0.2) is 54.2 Å². The summed E-state index contributed by atoms with van der Waals surface area (Å²) >= 11 is 11.8. The van der Waals surface area contributed by atoms with Gasteiger partial charge in [0.15, 0.2) is 11.5 Å². The zero-order valence-electron chi connectivity index (χ0n) is 15.6. The van der Waals surface area contributed by atoms with E-state index >= 15 is 0 Å². The number of ether oxygens (including phenoxy) is 2. The Bertz CT molecular complexity index is 932. The highest BCUT2D eigenvalue weighted by molar-refractivity contribution is 6.36. The molecule has 29 heavy (non-hydrogen) atoms. The summed E-state index contributed by atoms with van der Waals surface area (Å²) in [5.41, 5.74) is 3.43. The van der Waals surface area contributed by atoms with Crippen molar-refractivity contribution in [2.75, 3.05) is 13.7 Å². The second-order valence-electron chi connectivity index (χ2n) is 5.63. The Kier molecular flexibility index (Phi) is 8.51. The minimum absolute atomic E-state index is 0.0787. The van der Waals surface area contributed by atoms with Gasteiger partial charge < -0.3 is 14.8 Å². The van der Waals surface area contributed by atoms with Gasteiger partial charge in [-0.1, -0.05) is 41.9 Å². The molecule has 0 unspecified atom stereocenters. The van der Waals surface area contributed by atoms with E-state index in [2.05, 4.69) is 22.4 Å². The van der Waals surface area contributed by atoms with E-state index in [9.17, 15) is 9.59 Å². The number of carbonyl (C=O) groups is 2. The second kappa shape index (κ2) is 11.1. The van der Waals surface area contributed by atoms with Gasteiger partial charge in [0, 0.05) is 16.6 Å². The molecule has 0 saturated carbocycles. The first-order valence-electron chi connectivity index (χ1n) is 8.41. The van der Waals surface area contributed by atoms with Gasteiger partial charge in [0.05, 0.1) is 13.3 Å². The molecule has 2 rings (SSSR count). The number of nitrogens with one attached hydrogen (secondary N) is 2. The third-order valence-corrected chi connectivity index (χ3v) is 4.17. The first-order chi connectivity index (χ1) is 13.9. The van der Waals surface area contributed by atoms with E-state index in [0.29, 0.717) is 39.3 Å². The fourth-order valence-electron chi connectivity index (χ4n) is 2.17. The Morgan fingerprint density at radius 2 is 1.93 bits per heavy atom. The van der Waals surface area contributed by atoms with E-state index in [1.54, 1.807) is 42.5 Å². The fraction of sp³-hybridized carbons (Fsp3) is 0.150. The highest BCUT2D eigenvalue weighted by atomic mass is 35.5. The summed E-state index contributed by atoms with van der Waals surface area (Å²) in [6.07, 6.45) is 3.00. The summed E-state index contributed by atoms with van der Waals surface area (Å²) in [6, 6.07) is 9.96. The quantitative estimate of drug-likeness (QED) is 0.288. The number of halogens is 2. The minimum Gasteiger partial charge on any atom is -0.493 e. The number of carbonyl (C=O) groups excluding carboxylic acids is 2. The maximum atomic E-state index is 11.9. The first kappa shape index (κ1) is 22.3. The summed E-state index contributed by atoms with van der Waals surface area (Å²) < 4.78 is 10.7. The molecule has 2 aromatic carbocycles. The molecule has 0 aliphatic heterocycles. The van der Waals surface area contributed by atoms with Crippen LogP contribution in [0.25, 0.3) is 0 Å². The number of methoxy groups -OCH3 is 1. The molecule has 0 radical (unpaired) electrons. The van der Waals surface area contributed by atoms with E-state index in [-0.39, 0.29) is 6.54 Å². The van der Waals surface area contributed by atoms with E-state index in [1.807, 2.05) is 0 Å². The van der Waals surface area contributed by atoms with Crippen LogP contribution < -0.4 is 20.2 Å². The van der Waals surface area contributed by atoms with Crippen molar-refractivity contribution in [3.63, 3.8) is 0 Å². The van der Waals surface area contributed by atoms with E-state index in [4.69, 9.17) is 32.7 Å². The second-order valence-corrected chi connectivity index (χ2v) is 6.47. The number of nitrogens with zero attached hydrogens (tertiary/aromatic N) is 1. The smallest absolute Gasteiger partial charge is 0.329 e. The van der Waals surface area contributed by atoms with Crippen molar-refractivity contribution in [3.8, 4) is 11.5 Å². The maximum Gasteiger partial charge on any atom is 0.329 e. The Hall–Kier alpha value is -3.03. The fourth-order valence-corrected chi connectivity index (χ4v) is 2.64. The van der Waals surface area contributed by atoms with Gasteiger partial charge in [-0.15, -0.1) is 0 Å². The highest BCUT2D eigenvalue weighted by Gasteiger charge is 2.13. The van der Waals surface area contributed by atoms with Gasteiger partial charge in [0.2, 0.25) is 0 Å². The van der Waals surface area contributed by atoms with Gasteiger partial charge in [-0.25, -0.2) is 5.43 Å². The monoisotopic (exact) mass is 435 g/mol. The van der Waals surface area contributed by atoms with Crippen LogP contribution in [0.3, 0.4) is 0 Å². The van der Waals surface area contributed by atoms with Crippen molar-refractivity contribution in [2.24, 2.45) is 5.10 Å². The van der Waals surface area contributed by atoms with Crippen LogP contribution in [0.5, 0.6) is 11.5 Å². The number of hydrazone groups is 1. The zero-order valence-corrected chi connectivity index (χ0v) is 17.1. The van der Waals surface area contributed by atoms with Gasteiger partial charge in [0.25, 0.3) is 0 Å². The Morgan fingerprint density at radius 3 is 2.62 bits per heavy atom. The van der Waals surface area contributed by atoms with Crippen molar-refractivity contribution >= 4 is 41.2 Å². The van der Waals surface area contributed by atoms with Crippen molar-refractivity contribution in [2.45, 2.75) is 6.54 Å². The lowest BCUT2D eigenvalue weighted by atomic mass is 10.2. The minimum atomic E-state index is -0.913. The maximum absolute atomic E-state index is 11.9. The summed E-state index contributed by atoms with van der Waals surface area (Å²) in [7, 11) is 1.51. The van der Waals surface area contributed by atoms with Crippen molar-refractivity contribution in [3.05, 3.63) is 70.2 Å². The standard InChI is InChI=1S/C20H19Cl2N3O4/c1-3-8-29-17-7-4-13(9-18(17)28-2)11-24-25-20(27)19(26)23-12-14-5-6-15(21)10-16(14)22/h3-7,9-11H,1,8,12H2,2H3,(H,23,26)(H,25,27). The van der Waals surface area contributed by atoms with Crippen LogP contribution in [0.2, 0.25) is 10.0 Å². The lowest BCUT2D eigenvalue weighted by molar-refractivity contribution is -0.139. The number of hydrogen-bond acceptors (Lipinski definition) is 5. The first-order valence-corrected chi connectivity index (χ1v) is 9.17. The zero-order chi connectivity index (χ0) is 21.2. The molecule has 9 heteroatoms. The average molecular weight is 436 g/mol. The molecule has 0 bridgehead atoms. The lowest BCUT2D eigenvalue weighted by Crippen LogP contribution is -2.37. The molecule has 0 atom stereocenters. The third-order valence-electron chi connectivity index (χ3n) is 3.58. The average Bonchev–Trinajstić information content (AvgIpc) is 2.71.